The van der Waals surface area contributed by atoms with Gasteiger partial charge >= 0.3 is 13.7 Å². The van der Waals surface area contributed by atoms with Crippen molar-refractivity contribution in [3.63, 3.8) is 0 Å². The van der Waals surface area contributed by atoms with Gasteiger partial charge in [0, 0.05) is 0 Å². The van der Waals surface area contributed by atoms with Crippen molar-refractivity contribution in [1.29, 1.82) is 0 Å². The molecule has 0 aromatic heterocycles. The third kappa shape index (κ3) is 4.18. The second-order valence-electron chi connectivity index (χ2n) is 3.15. The third-order valence-electron chi connectivity index (χ3n) is 1.36. The Bertz CT molecular complexity index is 137. The first-order chi connectivity index (χ1) is 5.07. The van der Waals surface area contributed by atoms with Crippen LogP contribution in [-0.2, 0) is 0 Å². The van der Waals surface area contributed by atoms with Crippen LogP contribution in [0.1, 0.15) is 13.8 Å². The molecule has 0 N–H and O–H groups in total. The molecule has 0 radical (unpaired) electrons. The third-order valence-corrected chi connectivity index (χ3v) is 10.7. The SMILES string of the molecule is CC(C)N([Si](C)(Cl)Cl)[Si](C)(Cl)Cl. The van der Waals surface area contributed by atoms with Gasteiger partial charge in [0.2, 0.25) is 0 Å². The molecule has 0 fully saturated rings. The number of halogens is 4. The average molecular weight is 285 g/mol. The lowest BCUT2D eigenvalue weighted by molar-refractivity contribution is 0.536. The number of nitrogens with zero attached hydrogens (tertiary/aromatic N) is 1. The molecule has 7 heteroatoms. The highest BCUT2D eigenvalue weighted by Gasteiger charge is 2.45. The van der Waals surface area contributed by atoms with Crippen LogP contribution in [0.3, 0.4) is 0 Å². The monoisotopic (exact) mass is 283 g/mol. The zero-order valence-electron chi connectivity index (χ0n) is 7.54. The van der Waals surface area contributed by atoms with E-state index in [0.29, 0.717) is 0 Å². The minimum atomic E-state index is -2.41. The van der Waals surface area contributed by atoms with Crippen molar-refractivity contribution in [1.82, 2.24) is 4.23 Å². The predicted molar refractivity (Wildman–Crippen MR) is 63.6 cm³/mol. The van der Waals surface area contributed by atoms with E-state index in [1.54, 1.807) is 0 Å². The molecule has 0 atom stereocenters. The summed E-state index contributed by atoms with van der Waals surface area (Å²) >= 11 is 24.3. The largest absolute Gasteiger partial charge is 0.317 e. The lowest BCUT2D eigenvalue weighted by Crippen LogP contribution is -2.57. The number of hydrogen-bond donors (Lipinski definition) is 0. The standard InChI is InChI=1S/C5H13Cl4NSi2/c1-5(2)10(11(3,6)7)12(4,8)9/h5H,1-4H3. The van der Waals surface area contributed by atoms with Crippen molar-refractivity contribution >= 4 is 58.0 Å². The molecule has 0 aliphatic heterocycles. The van der Waals surface area contributed by atoms with Gasteiger partial charge in [-0.1, -0.05) is 13.8 Å². The van der Waals surface area contributed by atoms with Gasteiger partial charge in [0.25, 0.3) is 0 Å². The molecule has 0 aromatic rings. The Kier molecular flexibility index (Phi) is 4.95. The molecule has 74 valence electrons. The molecule has 0 saturated heterocycles. The van der Waals surface area contributed by atoms with Crippen LogP contribution in [0.25, 0.3) is 0 Å². The van der Waals surface area contributed by atoms with Crippen molar-refractivity contribution in [2.24, 2.45) is 0 Å². The van der Waals surface area contributed by atoms with Crippen LogP contribution >= 0.6 is 44.3 Å². The molecule has 0 rings (SSSR count). The minimum Gasteiger partial charge on any atom is -0.296 e. The zero-order valence-corrected chi connectivity index (χ0v) is 12.6. The van der Waals surface area contributed by atoms with Crippen LogP contribution in [0.5, 0.6) is 0 Å². The maximum atomic E-state index is 6.07. The van der Waals surface area contributed by atoms with Crippen LogP contribution in [0.2, 0.25) is 13.1 Å². The molecule has 0 amide bonds. The zero-order chi connectivity index (χ0) is 10.2. The normalized spacial score (nSPS) is 14.5. The first kappa shape index (κ1) is 13.6. The van der Waals surface area contributed by atoms with E-state index in [2.05, 4.69) is 0 Å². The molecule has 1 nitrogen and oxygen atoms in total. The van der Waals surface area contributed by atoms with E-state index < -0.39 is 13.7 Å². The van der Waals surface area contributed by atoms with Crippen LogP contribution in [0.4, 0.5) is 0 Å². The Labute approximate surface area is 94.9 Å². The lowest BCUT2D eigenvalue weighted by atomic mass is 10.4. The van der Waals surface area contributed by atoms with Crippen molar-refractivity contribution in [3.05, 3.63) is 0 Å². The lowest BCUT2D eigenvalue weighted by Gasteiger charge is -2.38. The van der Waals surface area contributed by atoms with Gasteiger partial charge in [-0.05, 0) is 19.1 Å². The van der Waals surface area contributed by atoms with Gasteiger partial charge in [-0.25, -0.2) is 0 Å². The van der Waals surface area contributed by atoms with Gasteiger partial charge < -0.3 is 0 Å². The second kappa shape index (κ2) is 4.38. The summed E-state index contributed by atoms with van der Waals surface area (Å²) < 4.78 is 1.88. The minimum absolute atomic E-state index is 0.198. The summed E-state index contributed by atoms with van der Waals surface area (Å²) in [6.07, 6.45) is 0. The van der Waals surface area contributed by atoms with E-state index >= 15 is 0 Å². The van der Waals surface area contributed by atoms with Crippen molar-refractivity contribution in [2.75, 3.05) is 0 Å². The summed E-state index contributed by atoms with van der Waals surface area (Å²) in [6, 6.07) is 0.198. The Hall–Kier alpha value is 1.55. The van der Waals surface area contributed by atoms with Crippen molar-refractivity contribution in [2.45, 2.75) is 33.0 Å². The predicted octanol–water partition coefficient (Wildman–Crippen LogP) is 3.79. The van der Waals surface area contributed by atoms with Gasteiger partial charge in [0.15, 0.2) is 0 Å². The molecular weight excluding hydrogens is 272 g/mol. The molecule has 0 bridgehead atoms. The Morgan fingerprint density at radius 3 is 1.17 bits per heavy atom. The Balaban J connectivity index is 4.70. The summed E-state index contributed by atoms with van der Waals surface area (Å²) in [5, 5.41) is 0. The van der Waals surface area contributed by atoms with Crippen LogP contribution in [0.15, 0.2) is 0 Å². The molecule has 12 heavy (non-hydrogen) atoms. The molecule has 0 spiro atoms. The molecule has 0 unspecified atom stereocenters. The van der Waals surface area contributed by atoms with E-state index in [1.807, 2.05) is 31.2 Å². The topological polar surface area (TPSA) is 3.24 Å². The highest BCUT2D eigenvalue weighted by molar-refractivity contribution is 7.53. The van der Waals surface area contributed by atoms with Crippen molar-refractivity contribution < 1.29 is 0 Å². The summed E-state index contributed by atoms with van der Waals surface area (Å²) in [7, 11) is 0. The summed E-state index contributed by atoms with van der Waals surface area (Å²) in [5.74, 6) is 0. The average Bonchev–Trinajstić information content (AvgIpc) is 1.49. The fraction of sp³-hybridized carbons (Fsp3) is 1.00. The molecule has 0 aromatic carbocycles. The van der Waals surface area contributed by atoms with Gasteiger partial charge in [-0.15, -0.1) is 44.3 Å². The maximum absolute atomic E-state index is 6.07. The van der Waals surface area contributed by atoms with Crippen LogP contribution < -0.4 is 0 Å². The van der Waals surface area contributed by atoms with E-state index in [4.69, 9.17) is 44.3 Å². The van der Waals surface area contributed by atoms with Crippen LogP contribution in [0, 0.1) is 0 Å². The highest BCUT2D eigenvalue weighted by atomic mass is 35.7. The first-order valence-electron chi connectivity index (χ1n) is 3.62. The van der Waals surface area contributed by atoms with Gasteiger partial charge in [-0.3, -0.25) is 4.23 Å². The summed E-state index contributed by atoms with van der Waals surface area (Å²) in [4.78, 5) is 0. The Morgan fingerprint density at radius 2 is 1.17 bits per heavy atom. The Morgan fingerprint density at radius 1 is 0.917 bits per heavy atom. The van der Waals surface area contributed by atoms with Crippen LogP contribution in [-0.4, -0.2) is 24.0 Å². The van der Waals surface area contributed by atoms with E-state index in [9.17, 15) is 0 Å². The second-order valence-corrected chi connectivity index (χ2v) is 17.9. The first-order valence-corrected chi connectivity index (χ1v) is 12.6. The van der Waals surface area contributed by atoms with Gasteiger partial charge in [0.1, 0.15) is 0 Å². The smallest absolute Gasteiger partial charge is 0.296 e. The summed E-state index contributed by atoms with van der Waals surface area (Å²) in [5.41, 5.74) is 0. The van der Waals surface area contributed by atoms with Gasteiger partial charge in [0.05, 0.1) is 0 Å². The molecule has 0 heterocycles. The van der Waals surface area contributed by atoms with Gasteiger partial charge in [-0.2, -0.15) is 0 Å². The number of rotatable bonds is 3. The number of hydrogen-bond acceptors (Lipinski definition) is 1. The molecule has 0 saturated carbocycles. The van der Waals surface area contributed by atoms with E-state index in [0.717, 1.165) is 0 Å². The summed E-state index contributed by atoms with van der Waals surface area (Å²) in [6.45, 7) is 2.79. The molecule has 0 aliphatic carbocycles. The molecule has 0 aliphatic rings. The van der Waals surface area contributed by atoms with E-state index in [1.165, 1.54) is 0 Å². The maximum Gasteiger partial charge on any atom is 0.317 e. The fourth-order valence-electron chi connectivity index (χ4n) is 1.25. The highest BCUT2D eigenvalue weighted by Crippen LogP contribution is 2.32. The molecular formula is C5H13Cl4NSi2. The quantitative estimate of drug-likeness (QED) is 0.563. The van der Waals surface area contributed by atoms with E-state index in [-0.39, 0.29) is 6.04 Å². The van der Waals surface area contributed by atoms with Crippen molar-refractivity contribution in [3.8, 4) is 0 Å². The fourth-order valence-corrected chi connectivity index (χ4v) is 15.8.